The van der Waals surface area contributed by atoms with Crippen molar-refractivity contribution < 1.29 is 19.1 Å². The number of allylic oxidation sites excluding steroid dienone is 1. The van der Waals surface area contributed by atoms with Crippen molar-refractivity contribution >= 4 is 12.1 Å². The Morgan fingerprint density at radius 3 is 2.44 bits per heavy atom. The Kier molecular flexibility index (Phi) is 8.75. The van der Waals surface area contributed by atoms with Gasteiger partial charge in [-0.1, -0.05) is 42.5 Å². The van der Waals surface area contributed by atoms with Crippen molar-refractivity contribution in [3.8, 4) is 0 Å². The van der Waals surface area contributed by atoms with Crippen LogP contribution in [0.15, 0.2) is 42.5 Å². The van der Waals surface area contributed by atoms with Gasteiger partial charge < -0.3 is 14.8 Å². The van der Waals surface area contributed by atoms with Crippen molar-refractivity contribution in [2.75, 3.05) is 7.11 Å². The molecule has 1 aromatic carbocycles. The number of methoxy groups -OCH3 is 1. The standard InChI is InChI=1S/C20H29NO4/c1-20(2,3)25-19(23)21-17(18(22)24-4)15-11-6-5-8-12-16-13-9-7-10-14-16/h6-7,9-11,13-14,17H,5,8,12,15H2,1-4H3,(H,21,23)/b11-6+/t17-/m0/s1. The van der Waals surface area contributed by atoms with Crippen LogP contribution in [0.3, 0.4) is 0 Å². The van der Waals surface area contributed by atoms with Gasteiger partial charge in [0.2, 0.25) is 0 Å². The van der Waals surface area contributed by atoms with Crippen LogP contribution in [0.25, 0.3) is 0 Å². The zero-order valence-corrected chi connectivity index (χ0v) is 15.6. The third-order valence-corrected chi connectivity index (χ3v) is 3.39. The van der Waals surface area contributed by atoms with Gasteiger partial charge >= 0.3 is 12.1 Å². The quantitative estimate of drug-likeness (QED) is 0.438. The third-order valence-electron chi connectivity index (χ3n) is 3.39. The lowest BCUT2D eigenvalue weighted by Crippen LogP contribution is -2.43. The molecule has 0 saturated carbocycles. The first-order valence-corrected chi connectivity index (χ1v) is 8.58. The van der Waals surface area contributed by atoms with Crippen LogP contribution in [-0.2, 0) is 20.7 Å². The summed E-state index contributed by atoms with van der Waals surface area (Å²) in [5.74, 6) is -0.486. The minimum absolute atomic E-state index is 0.372. The maximum absolute atomic E-state index is 11.8. The molecule has 1 atom stereocenters. The molecule has 0 saturated heterocycles. The second kappa shape index (κ2) is 10.5. The highest BCUT2D eigenvalue weighted by Crippen LogP contribution is 2.09. The highest BCUT2D eigenvalue weighted by atomic mass is 16.6. The predicted molar refractivity (Wildman–Crippen MR) is 98.3 cm³/mol. The average molecular weight is 347 g/mol. The van der Waals surface area contributed by atoms with Crippen LogP contribution in [-0.4, -0.2) is 30.8 Å². The third kappa shape index (κ3) is 9.55. The van der Waals surface area contributed by atoms with Crippen molar-refractivity contribution in [2.45, 2.75) is 58.1 Å². The summed E-state index contributed by atoms with van der Waals surface area (Å²) in [6.07, 6.45) is 6.62. The summed E-state index contributed by atoms with van der Waals surface area (Å²) < 4.78 is 9.91. The number of carbonyl (C=O) groups is 2. The van der Waals surface area contributed by atoms with Gasteiger partial charge in [0.1, 0.15) is 11.6 Å². The Morgan fingerprint density at radius 2 is 1.84 bits per heavy atom. The molecule has 0 bridgehead atoms. The first kappa shape index (κ1) is 20.7. The molecule has 0 spiro atoms. The molecule has 0 fully saturated rings. The van der Waals surface area contributed by atoms with Crippen molar-refractivity contribution in [3.05, 3.63) is 48.0 Å². The number of amides is 1. The van der Waals surface area contributed by atoms with E-state index in [0.29, 0.717) is 6.42 Å². The SMILES string of the molecule is COC(=O)[C@H](C/C=C/CCCc1ccccc1)NC(=O)OC(C)(C)C. The molecule has 0 aromatic heterocycles. The van der Waals surface area contributed by atoms with Gasteiger partial charge in [-0.05, 0) is 52.0 Å². The molecule has 0 radical (unpaired) electrons. The van der Waals surface area contributed by atoms with E-state index in [-0.39, 0.29) is 0 Å². The molecular weight excluding hydrogens is 318 g/mol. The molecule has 1 amide bonds. The number of carbonyl (C=O) groups excluding carboxylic acids is 2. The van der Waals surface area contributed by atoms with Crippen LogP contribution >= 0.6 is 0 Å². The number of aryl methyl sites for hydroxylation is 1. The Hall–Kier alpha value is -2.30. The van der Waals surface area contributed by atoms with E-state index in [9.17, 15) is 9.59 Å². The Morgan fingerprint density at radius 1 is 1.16 bits per heavy atom. The Balaban J connectivity index is 2.39. The molecule has 0 heterocycles. The largest absolute Gasteiger partial charge is 0.467 e. The Labute approximate surface area is 150 Å². The molecule has 1 aromatic rings. The number of benzene rings is 1. The maximum atomic E-state index is 11.8. The second-order valence-corrected chi connectivity index (χ2v) is 6.81. The van der Waals surface area contributed by atoms with Crippen molar-refractivity contribution in [1.82, 2.24) is 5.32 Å². The zero-order chi connectivity index (χ0) is 18.7. The number of rotatable bonds is 8. The van der Waals surface area contributed by atoms with Gasteiger partial charge in [0, 0.05) is 0 Å². The molecular formula is C20H29NO4. The maximum Gasteiger partial charge on any atom is 0.408 e. The van der Waals surface area contributed by atoms with Crippen molar-refractivity contribution in [2.24, 2.45) is 0 Å². The number of alkyl carbamates (subject to hydrolysis) is 1. The van der Waals surface area contributed by atoms with Gasteiger partial charge in [-0.2, -0.15) is 0 Å². The van der Waals surface area contributed by atoms with Crippen LogP contribution < -0.4 is 5.32 Å². The van der Waals surface area contributed by atoms with Gasteiger partial charge in [-0.3, -0.25) is 0 Å². The van der Waals surface area contributed by atoms with E-state index in [2.05, 4.69) is 17.4 Å². The van der Waals surface area contributed by atoms with Gasteiger partial charge in [0.15, 0.2) is 0 Å². The lowest BCUT2D eigenvalue weighted by molar-refractivity contribution is -0.143. The van der Waals surface area contributed by atoms with Gasteiger partial charge in [-0.15, -0.1) is 0 Å². The van der Waals surface area contributed by atoms with E-state index >= 15 is 0 Å². The lowest BCUT2D eigenvalue weighted by Gasteiger charge is -2.22. The van der Waals surface area contributed by atoms with Crippen LogP contribution in [0, 0.1) is 0 Å². The van der Waals surface area contributed by atoms with Crippen LogP contribution in [0.2, 0.25) is 0 Å². The molecule has 5 nitrogen and oxygen atoms in total. The number of hydrogen-bond acceptors (Lipinski definition) is 4. The summed E-state index contributed by atoms with van der Waals surface area (Å²) in [5.41, 5.74) is 0.702. The van der Waals surface area contributed by atoms with E-state index in [1.165, 1.54) is 12.7 Å². The number of nitrogens with one attached hydrogen (secondary N) is 1. The van der Waals surface area contributed by atoms with Gasteiger partial charge in [0.25, 0.3) is 0 Å². The van der Waals surface area contributed by atoms with Gasteiger partial charge in [-0.25, -0.2) is 9.59 Å². The highest BCUT2D eigenvalue weighted by molar-refractivity contribution is 5.81. The van der Waals surface area contributed by atoms with Crippen LogP contribution in [0.4, 0.5) is 4.79 Å². The lowest BCUT2D eigenvalue weighted by atomic mass is 10.1. The first-order chi connectivity index (χ1) is 11.8. The number of esters is 1. The van der Waals surface area contributed by atoms with E-state index in [1.807, 2.05) is 30.4 Å². The molecule has 0 aliphatic carbocycles. The van der Waals surface area contributed by atoms with Crippen LogP contribution in [0.1, 0.15) is 45.6 Å². The molecule has 0 unspecified atom stereocenters. The van der Waals surface area contributed by atoms with Crippen molar-refractivity contribution in [1.29, 1.82) is 0 Å². The monoisotopic (exact) mass is 347 g/mol. The van der Waals surface area contributed by atoms with Crippen LogP contribution in [0.5, 0.6) is 0 Å². The van der Waals surface area contributed by atoms with E-state index in [1.54, 1.807) is 20.8 Å². The number of hydrogen-bond donors (Lipinski definition) is 1. The summed E-state index contributed by atoms with van der Waals surface area (Å²) in [7, 11) is 1.30. The predicted octanol–water partition coefficient (Wildman–Crippen LogP) is 4.02. The first-order valence-electron chi connectivity index (χ1n) is 8.58. The second-order valence-electron chi connectivity index (χ2n) is 6.81. The normalized spacial score (nSPS) is 12.6. The van der Waals surface area contributed by atoms with E-state index in [0.717, 1.165) is 19.3 Å². The summed E-state index contributed by atoms with van der Waals surface area (Å²) in [6, 6.07) is 9.56. The summed E-state index contributed by atoms with van der Waals surface area (Å²) in [4.78, 5) is 23.6. The fourth-order valence-electron chi connectivity index (χ4n) is 2.23. The summed E-state index contributed by atoms with van der Waals surface area (Å²) in [5, 5.41) is 2.55. The van der Waals surface area contributed by atoms with Gasteiger partial charge in [0.05, 0.1) is 7.11 Å². The fourth-order valence-corrected chi connectivity index (χ4v) is 2.23. The smallest absolute Gasteiger partial charge is 0.408 e. The minimum atomic E-state index is -0.745. The molecule has 0 aliphatic rings. The summed E-state index contributed by atoms with van der Waals surface area (Å²) in [6.45, 7) is 5.31. The molecule has 1 N–H and O–H groups in total. The molecule has 5 heteroatoms. The fraction of sp³-hybridized carbons (Fsp3) is 0.500. The van der Waals surface area contributed by atoms with E-state index in [4.69, 9.17) is 9.47 Å². The minimum Gasteiger partial charge on any atom is -0.467 e. The molecule has 138 valence electrons. The number of unbranched alkanes of at least 4 members (excludes halogenated alkanes) is 1. The topological polar surface area (TPSA) is 64.6 Å². The number of ether oxygens (including phenoxy) is 2. The molecule has 0 aliphatic heterocycles. The van der Waals surface area contributed by atoms with E-state index < -0.39 is 23.7 Å². The average Bonchev–Trinajstić information content (AvgIpc) is 2.55. The molecule has 1 rings (SSSR count). The zero-order valence-electron chi connectivity index (χ0n) is 15.6. The Bertz CT molecular complexity index is 561. The van der Waals surface area contributed by atoms with Crippen molar-refractivity contribution in [3.63, 3.8) is 0 Å². The highest BCUT2D eigenvalue weighted by Gasteiger charge is 2.23. The summed E-state index contributed by atoms with van der Waals surface area (Å²) >= 11 is 0. The molecule has 25 heavy (non-hydrogen) atoms.